The van der Waals surface area contributed by atoms with Gasteiger partial charge in [-0.15, -0.1) is 0 Å². The van der Waals surface area contributed by atoms with Gasteiger partial charge in [0.25, 0.3) is 0 Å². The predicted molar refractivity (Wildman–Crippen MR) is 68.4 cm³/mol. The van der Waals surface area contributed by atoms with E-state index in [4.69, 9.17) is 11.6 Å². The summed E-state index contributed by atoms with van der Waals surface area (Å²) in [5.41, 5.74) is 0.653. The highest BCUT2D eigenvalue weighted by Crippen LogP contribution is 2.19. The monoisotopic (exact) mass is 254 g/mol. The van der Waals surface area contributed by atoms with Crippen LogP contribution in [0.5, 0.6) is 0 Å². The van der Waals surface area contributed by atoms with E-state index in [0.717, 1.165) is 30.7 Å². The summed E-state index contributed by atoms with van der Waals surface area (Å²) in [4.78, 5) is 10.3. The Morgan fingerprint density at radius 1 is 1.41 bits per heavy atom. The van der Waals surface area contributed by atoms with Gasteiger partial charge in [0, 0.05) is 6.54 Å². The number of anilines is 1. The topological polar surface area (TPSA) is 69.7 Å². The Balaban J connectivity index is 2.04. The smallest absolute Gasteiger partial charge is 0.226 e. The molecule has 2 aromatic rings. The van der Waals surface area contributed by atoms with Crippen LogP contribution in [-0.2, 0) is 0 Å². The molecular formula is C10H15ClN6. The van der Waals surface area contributed by atoms with E-state index in [2.05, 4.69) is 44.5 Å². The van der Waals surface area contributed by atoms with Crippen LogP contribution in [0.2, 0.25) is 5.28 Å². The van der Waals surface area contributed by atoms with Gasteiger partial charge in [-0.2, -0.15) is 15.1 Å². The van der Waals surface area contributed by atoms with Crippen molar-refractivity contribution in [2.24, 2.45) is 0 Å². The quantitative estimate of drug-likeness (QED) is 0.623. The molecule has 2 rings (SSSR count). The van der Waals surface area contributed by atoms with Crippen LogP contribution in [0.4, 0.5) is 5.82 Å². The summed E-state index contributed by atoms with van der Waals surface area (Å²) in [7, 11) is 4.10. The molecule has 0 unspecified atom stereocenters. The van der Waals surface area contributed by atoms with Crippen molar-refractivity contribution < 1.29 is 0 Å². The van der Waals surface area contributed by atoms with Crippen LogP contribution in [0.25, 0.3) is 11.0 Å². The van der Waals surface area contributed by atoms with E-state index in [1.807, 2.05) is 0 Å². The van der Waals surface area contributed by atoms with E-state index >= 15 is 0 Å². The van der Waals surface area contributed by atoms with E-state index < -0.39 is 0 Å². The van der Waals surface area contributed by atoms with Crippen LogP contribution in [0, 0.1) is 0 Å². The molecule has 2 aromatic heterocycles. The van der Waals surface area contributed by atoms with E-state index in [1.54, 1.807) is 6.20 Å². The van der Waals surface area contributed by atoms with Crippen LogP contribution in [0.15, 0.2) is 6.20 Å². The zero-order chi connectivity index (χ0) is 12.3. The van der Waals surface area contributed by atoms with E-state index in [1.165, 1.54) is 0 Å². The minimum Gasteiger partial charge on any atom is -0.369 e. The third-order valence-corrected chi connectivity index (χ3v) is 2.53. The van der Waals surface area contributed by atoms with Crippen molar-refractivity contribution in [3.05, 3.63) is 11.5 Å². The minimum absolute atomic E-state index is 0.219. The van der Waals surface area contributed by atoms with Crippen molar-refractivity contribution in [2.45, 2.75) is 6.42 Å². The van der Waals surface area contributed by atoms with Gasteiger partial charge in [0.2, 0.25) is 5.28 Å². The first-order chi connectivity index (χ1) is 8.16. The molecule has 0 fully saturated rings. The number of nitrogens with zero attached hydrogens (tertiary/aromatic N) is 4. The second kappa shape index (κ2) is 5.29. The summed E-state index contributed by atoms with van der Waals surface area (Å²) >= 11 is 5.83. The fourth-order valence-electron chi connectivity index (χ4n) is 1.54. The van der Waals surface area contributed by atoms with Crippen molar-refractivity contribution in [3.63, 3.8) is 0 Å². The first kappa shape index (κ1) is 12.1. The number of rotatable bonds is 5. The van der Waals surface area contributed by atoms with Gasteiger partial charge < -0.3 is 10.2 Å². The molecule has 0 aromatic carbocycles. The first-order valence-electron chi connectivity index (χ1n) is 5.42. The van der Waals surface area contributed by atoms with E-state index in [-0.39, 0.29) is 5.28 Å². The highest BCUT2D eigenvalue weighted by Gasteiger charge is 2.07. The largest absolute Gasteiger partial charge is 0.369 e. The number of fused-ring (bicyclic) bond motifs is 1. The van der Waals surface area contributed by atoms with Gasteiger partial charge in [-0.3, -0.25) is 5.10 Å². The molecule has 17 heavy (non-hydrogen) atoms. The summed E-state index contributed by atoms with van der Waals surface area (Å²) in [5, 5.41) is 11.0. The molecule has 0 aliphatic heterocycles. The molecule has 92 valence electrons. The average Bonchev–Trinajstić information content (AvgIpc) is 2.71. The predicted octanol–water partition coefficient (Wildman–Crippen LogP) is 1.37. The fourth-order valence-corrected chi connectivity index (χ4v) is 1.71. The summed E-state index contributed by atoms with van der Waals surface area (Å²) < 4.78 is 0. The van der Waals surface area contributed by atoms with Gasteiger partial charge in [0.1, 0.15) is 5.82 Å². The van der Waals surface area contributed by atoms with Crippen molar-refractivity contribution in [1.29, 1.82) is 0 Å². The number of halogens is 1. The van der Waals surface area contributed by atoms with Gasteiger partial charge in [0.15, 0.2) is 5.65 Å². The van der Waals surface area contributed by atoms with E-state index in [9.17, 15) is 0 Å². The van der Waals surface area contributed by atoms with Crippen LogP contribution in [-0.4, -0.2) is 52.3 Å². The second-order valence-electron chi connectivity index (χ2n) is 4.06. The van der Waals surface area contributed by atoms with Gasteiger partial charge in [-0.05, 0) is 38.7 Å². The fraction of sp³-hybridized carbons (Fsp3) is 0.500. The standard InChI is InChI=1S/C10H15ClN6/c1-17(2)5-3-4-12-8-7-6-13-16-9(7)15-10(11)14-8/h6H,3-5H2,1-2H3,(H2,12,13,14,15,16). The Kier molecular flexibility index (Phi) is 3.75. The lowest BCUT2D eigenvalue weighted by Gasteiger charge is -2.10. The summed E-state index contributed by atoms with van der Waals surface area (Å²) in [6.45, 7) is 1.87. The van der Waals surface area contributed by atoms with Crippen LogP contribution >= 0.6 is 11.6 Å². The number of hydrogen-bond acceptors (Lipinski definition) is 5. The highest BCUT2D eigenvalue weighted by molar-refractivity contribution is 6.28. The molecular weight excluding hydrogens is 240 g/mol. The summed E-state index contributed by atoms with van der Waals surface area (Å²) in [6.07, 6.45) is 2.73. The lowest BCUT2D eigenvalue weighted by atomic mass is 10.3. The number of nitrogens with one attached hydrogen (secondary N) is 2. The van der Waals surface area contributed by atoms with Gasteiger partial charge in [0.05, 0.1) is 11.6 Å². The molecule has 0 aliphatic rings. The van der Waals surface area contributed by atoms with Crippen LogP contribution in [0.3, 0.4) is 0 Å². The van der Waals surface area contributed by atoms with Gasteiger partial charge in [-0.1, -0.05) is 0 Å². The first-order valence-corrected chi connectivity index (χ1v) is 5.80. The number of aromatic amines is 1. The molecule has 0 saturated carbocycles. The third-order valence-electron chi connectivity index (χ3n) is 2.36. The van der Waals surface area contributed by atoms with E-state index in [0.29, 0.717) is 5.65 Å². The van der Waals surface area contributed by atoms with Gasteiger partial charge >= 0.3 is 0 Å². The van der Waals surface area contributed by atoms with Crippen LogP contribution < -0.4 is 5.32 Å². The maximum atomic E-state index is 5.83. The van der Waals surface area contributed by atoms with Crippen LogP contribution in [0.1, 0.15) is 6.42 Å². The Bertz CT molecular complexity index is 495. The average molecular weight is 255 g/mol. The minimum atomic E-state index is 0.219. The lowest BCUT2D eigenvalue weighted by molar-refractivity contribution is 0.405. The summed E-state index contributed by atoms with van der Waals surface area (Å²) in [5.74, 6) is 0.729. The molecule has 0 radical (unpaired) electrons. The maximum absolute atomic E-state index is 5.83. The van der Waals surface area contributed by atoms with Gasteiger partial charge in [-0.25, -0.2) is 0 Å². The molecule has 2 heterocycles. The molecule has 0 amide bonds. The Hall–Kier alpha value is -1.40. The number of hydrogen-bond donors (Lipinski definition) is 2. The molecule has 6 nitrogen and oxygen atoms in total. The summed E-state index contributed by atoms with van der Waals surface area (Å²) in [6, 6.07) is 0. The second-order valence-corrected chi connectivity index (χ2v) is 4.40. The Labute approximate surface area is 104 Å². The molecule has 0 spiro atoms. The highest BCUT2D eigenvalue weighted by atomic mass is 35.5. The van der Waals surface area contributed by atoms with Crippen molar-refractivity contribution in [3.8, 4) is 0 Å². The van der Waals surface area contributed by atoms with Crippen molar-refractivity contribution in [2.75, 3.05) is 32.5 Å². The molecule has 0 saturated heterocycles. The SMILES string of the molecule is CN(C)CCCNc1nc(Cl)nc2[nH]ncc12. The lowest BCUT2D eigenvalue weighted by Crippen LogP contribution is -2.16. The Morgan fingerprint density at radius 3 is 3.00 bits per heavy atom. The van der Waals surface area contributed by atoms with Crippen molar-refractivity contribution in [1.82, 2.24) is 25.1 Å². The molecule has 7 heteroatoms. The number of H-pyrrole nitrogens is 1. The zero-order valence-corrected chi connectivity index (χ0v) is 10.6. The number of aromatic nitrogens is 4. The molecule has 0 aliphatic carbocycles. The van der Waals surface area contributed by atoms with Crippen molar-refractivity contribution >= 4 is 28.5 Å². The normalized spacial score (nSPS) is 11.3. The molecule has 0 atom stereocenters. The molecule has 0 bridgehead atoms. The Morgan fingerprint density at radius 2 is 2.24 bits per heavy atom. The molecule has 2 N–H and O–H groups in total. The zero-order valence-electron chi connectivity index (χ0n) is 9.87. The maximum Gasteiger partial charge on any atom is 0.226 e. The third kappa shape index (κ3) is 3.04.